The van der Waals surface area contributed by atoms with Gasteiger partial charge in [0, 0.05) is 24.8 Å². The molecule has 96 valence electrons. The van der Waals surface area contributed by atoms with Gasteiger partial charge in [-0.1, -0.05) is 12.1 Å². The van der Waals surface area contributed by atoms with Crippen LogP contribution in [0.2, 0.25) is 0 Å². The first kappa shape index (κ1) is 12.6. The van der Waals surface area contributed by atoms with Crippen molar-refractivity contribution in [3.63, 3.8) is 0 Å². The third kappa shape index (κ3) is 3.07. The zero-order valence-corrected chi connectivity index (χ0v) is 11.0. The molecule has 17 heavy (non-hydrogen) atoms. The maximum absolute atomic E-state index is 5.67. The van der Waals surface area contributed by atoms with Gasteiger partial charge < -0.3 is 14.6 Å². The maximum Gasteiger partial charge on any atom is 0.138 e. The molecule has 1 aliphatic rings. The SMILES string of the molecule is CCC1CC(NCc2c(C)noc2C)CCO1. The van der Waals surface area contributed by atoms with Crippen LogP contribution in [-0.4, -0.2) is 23.9 Å². The number of hydrogen-bond acceptors (Lipinski definition) is 4. The minimum absolute atomic E-state index is 0.422. The zero-order valence-electron chi connectivity index (χ0n) is 11.0. The number of rotatable bonds is 4. The van der Waals surface area contributed by atoms with Crippen molar-refractivity contribution in [2.75, 3.05) is 6.61 Å². The number of aryl methyl sites for hydroxylation is 2. The third-order valence-corrected chi connectivity index (χ3v) is 3.57. The molecule has 1 aromatic rings. The molecule has 4 heteroatoms. The lowest BCUT2D eigenvalue weighted by Crippen LogP contribution is -2.38. The Morgan fingerprint density at radius 1 is 1.41 bits per heavy atom. The molecule has 4 nitrogen and oxygen atoms in total. The van der Waals surface area contributed by atoms with Crippen LogP contribution in [0.15, 0.2) is 4.52 Å². The first-order valence-corrected chi connectivity index (χ1v) is 6.47. The van der Waals surface area contributed by atoms with E-state index in [-0.39, 0.29) is 0 Å². The highest BCUT2D eigenvalue weighted by Crippen LogP contribution is 2.18. The van der Waals surface area contributed by atoms with Gasteiger partial charge in [-0.25, -0.2) is 0 Å². The second-order valence-electron chi connectivity index (χ2n) is 4.81. The van der Waals surface area contributed by atoms with E-state index in [9.17, 15) is 0 Å². The predicted molar refractivity (Wildman–Crippen MR) is 65.9 cm³/mol. The van der Waals surface area contributed by atoms with Crippen LogP contribution in [0.25, 0.3) is 0 Å². The number of ether oxygens (including phenoxy) is 1. The van der Waals surface area contributed by atoms with Crippen LogP contribution in [0.1, 0.15) is 43.2 Å². The molecule has 2 unspecified atom stereocenters. The van der Waals surface area contributed by atoms with Gasteiger partial charge in [0.1, 0.15) is 5.76 Å². The lowest BCUT2D eigenvalue weighted by Gasteiger charge is -2.29. The fraction of sp³-hybridized carbons (Fsp3) is 0.769. The smallest absolute Gasteiger partial charge is 0.138 e. The van der Waals surface area contributed by atoms with Crippen LogP contribution in [0.4, 0.5) is 0 Å². The van der Waals surface area contributed by atoms with Crippen molar-refractivity contribution < 1.29 is 9.26 Å². The van der Waals surface area contributed by atoms with Gasteiger partial charge in [-0.3, -0.25) is 0 Å². The van der Waals surface area contributed by atoms with Crippen LogP contribution < -0.4 is 5.32 Å². The number of hydrogen-bond donors (Lipinski definition) is 1. The molecule has 0 amide bonds. The topological polar surface area (TPSA) is 47.3 Å². The molecule has 0 radical (unpaired) electrons. The molecule has 2 rings (SSSR count). The maximum atomic E-state index is 5.67. The Morgan fingerprint density at radius 2 is 2.24 bits per heavy atom. The van der Waals surface area contributed by atoms with E-state index in [4.69, 9.17) is 9.26 Å². The minimum atomic E-state index is 0.422. The molecule has 0 spiro atoms. The molecule has 1 saturated heterocycles. The Bertz CT molecular complexity index is 343. The summed E-state index contributed by atoms with van der Waals surface area (Å²) in [7, 11) is 0. The summed E-state index contributed by atoms with van der Waals surface area (Å²) in [5, 5.41) is 7.56. The Labute approximate surface area is 103 Å². The van der Waals surface area contributed by atoms with Crippen molar-refractivity contribution in [2.24, 2.45) is 0 Å². The van der Waals surface area contributed by atoms with Crippen LogP contribution in [0.3, 0.4) is 0 Å². The van der Waals surface area contributed by atoms with Gasteiger partial charge in [-0.15, -0.1) is 0 Å². The second kappa shape index (κ2) is 5.65. The van der Waals surface area contributed by atoms with Crippen LogP contribution in [-0.2, 0) is 11.3 Å². The summed E-state index contributed by atoms with van der Waals surface area (Å²) >= 11 is 0. The van der Waals surface area contributed by atoms with Crippen LogP contribution in [0.5, 0.6) is 0 Å². The zero-order chi connectivity index (χ0) is 12.3. The fourth-order valence-electron chi connectivity index (χ4n) is 2.35. The highest BCUT2D eigenvalue weighted by Gasteiger charge is 2.21. The summed E-state index contributed by atoms with van der Waals surface area (Å²) in [6, 6.07) is 0.558. The van der Waals surface area contributed by atoms with E-state index in [0.717, 1.165) is 43.9 Å². The molecule has 0 saturated carbocycles. The van der Waals surface area contributed by atoms with Crippen molar-refractivity contribution in [3.05, 3.63) is 17.0 Å². The van der Waals surface area contributed by atoms with E-state index in [2.05, 4.69) is 17.4 Å². The Hall–Kier alpha value is -0.870. The van der Waals surface area contributed by atoms with Crippen LogP contribution >= 0.6 is 0 Å². The fourth-order valence-corrected chi connectivity index (χ4v) is 2.35. The summed E-state index contributed by atoms with van der Waals surface area (Å²) in [5.74, 6) is 0.925. The molecule has 1 aromatic heterocycles. The molecule has 0 bridgehead atoms. The number of nitrogens with one attached hydrogen (secondary N) is 1. The molecule has 1 aliphatic heterocycles. The Morgan fingerprint density at radius 3 is 2.88 bits per heavy atom. The van der Waals surface area contributed by atoms with Gasteiger partial charge in [0.05, 0.1) is 11.8 Å². The largest absolute Gasteiger partial charge is 0.378 e. The van der Waals surface area contributed by atoms with Crippen molar-refractivity contribution in [2.45, 2.75) is 58.7 Å². The monoisotopic (exact) mass is 238 g/mol. The lowest BCUT2D eigenvalue weighted by atomic mass is 10.0. The molecule has 0 aromatic carbocycles. The first-order chi connectivity index (χ1) is 8.20. The predicted octanol–water partition coefficient (Wildman–Crippen LogP) is 2.34. The average Bonchev–Trinajstić information content (AvgIpc) is 2.67. The second-order valence-corrected chi connectivity index (χ2v) is 4.81. The van der Waals surface area contributed by atoms with E-state index in [1.54, 1.807) is 0 Å². The van der Waals surface area contributed by atoms with Gasteiger partial charge in [-0.2, -0.15) is 0 Å². The van der Waals surface area contributed by atoms with Gasteiger partial charge in [0.25, 0.3) is 0 Å². The van der Waals surface area contributed by atoms with E-state index < -0.39 is 0 Å². The van der Waals surface area contributed by atoms with Crippen LogP contribution in [0, 0.1) is 13.8 Å². The van der Waals surface area contributed by atoms with E-state index in [1.165, 1.54) is 5.56 Å². The quantitative estimate of drug-likeness (QED) is 0.874. The Balaban J connectivity index is 1.86. The molecule has 1 N–H and O–H groups in total. The van der Waals surface area contributed by atoms with Crippen molar-refractivity contribution in [1.82, 2.24) is 10.5 Å². The van der Waals surface area contributed by atoms with Gasteiger partial charge in [-0.05, 0) is 33.1 Å². The summed E-state index contributed by atoms with van der Waals surface area (Å²) in [6.45, 7) is 7.86. The standard InChI is InChI=1S/C13H22N2O2/c1-4-12-7-11(5-6-16-12)14-8-13-9(2)15-17-10(13)3/h11-12,14H,4-8H2,1-3H3. The number of nitrogens with zero attached hydrogens (tertiary/aromatic N) is 1. The minimum Gasteiger partial charge on any atom is -0.378 e. The normalized spacial score (nSPS) is 25.1. The Kier molecular flexibility index (Phi) is 4.18. The molecule has 0 aliphatic carbocycles. The van der Waals surface area contributed by atoms with Crippen molar-refractivity contribution in [3.8, 4) is 0 Å². The van der Waals surface area contributed by atoms with Gasteiger partial charge in [0.15, 0.2) is 0 Å². The molecular formula is C13H22N2O2. The van der Waals surface area contributed by atoms with E-state index in [1.807, 2.05) is 13.8 Å². The lowest BCUT2D eigenvalue weighted by molar-refractivity contribution is -0.000335. The highest BCUT2D eigenvalue weighted by atomic mass is 16.5. The summed E-state index contributed by atoms with van der Waals surface area (Å²) in [4.78, 5) is 0. The van der Waals surface area contributed by atoms with Gasteiger partial charge in [0.2, 0.25) is 0 Å². The molecular weight excluding hydrogens is 216 g/mol. The highest BCUT2D eigenvalue weighted by molar-refractivity contribution is 5.20. The molecule has 2 heterocycles. The average molecular weight is 238 g/mol. The van der Waals surface area contributed by atoms with Crippen molar-refractivity contribution in [1.29, 1.82) is 0 Å². The first-order valence-electron chi connectivity index (χ1n) is 6.47. The summed E-state index contributed by atoms with van der Waals surface area (Å²) in [5.41, 5.74) is 2.19. The molecule has 2 atom stereocenters. The third-order valence-electron chi connectivity index (χ3n) is 3.57. The van der Waals surface area contributed by atoms with Gasteiger partial charge >= 0.3 is 0 Å². The molecule has 1 fully saturated rings. The van der Waals surface area contributed by atoms with E-state index >= 15 is 0 Å². The van der Waals surface area contributed by atoms with Crippen molar-refractivity contribution >= 4 is 0 Å². The summed E-state index contributed by atoms with van der Waals surface area (Å²) < 4.78 is 10.8. The van der Waals surface area contributed by atoms with E-state index in [0.29, 0.717) is 12.1 Å². The summed E-state index contributed by atoms with van der Waals surface area (Å²) in [6.07, 6.45) is 3.73. The number of aromatic nitrogens is 1.